The van der Waals surface area contributed by atoms with E-state index in [2.05, 4.69) is 6.58 Å². The summed E-state index contributed by atoms with van der Waals surface area (Å²) in [5.74, 6) is -2.03. The molecule has 2 aliphatic heterocycles. The van der Waals surface area contributed by atoms with Crippen molar-refractivity contribution in [2.24, 2.45) is 0 Å². The van der Waals surface area contributed by atoms with Crippen molar-refractivity contribution in [3.05, 3.63) is 12.7 Å². The van der Waals surface area contributed by atoms with Gasteiger partial charge in [0.1, 0.15) is 30.5 Å². The fraction of sp³-hybridized carbons (Fsp3) is 0.812. The van der Waals surface area contributed by atoms with E-state index in [1.54, 1.807) is 0 Å². The van der Waals surface area contributed by atoms with Gasteiger partial charge >= 0.3 is 0 Å². The molecule has 0 aliphatic carbocycles. The van der Waals surface area contributed by atoms with Crippen LogP contribution in [0.4, 0.5) is 0 Å². The third kappa shape index (κ3) is 4.52. The maximum absolute atomic E-state index is 11.3. The Labute approximate surface area is 160 Å². The molecular formula is C16H27NO11. The molecule has 12 nitrogen and oxygen atoms in total. The standard InChI is InChI=1S/C16H27NO11/c1-2-3-17(7-20)14-10(22)8(21)4-16(6-19,27-14)28-15-13(25)12(24)11(23)9(5-18)26-15/h2,7-15,18-19,21-25H,1,3-6H2/t8?,9?,10?,11-,12?,13+,14-,15+,16-/m1/s1. The normalized spacial score (nSPS) is 44.1. The fourth-order valence-electron chi connectivity index (χ4n) is 3.18. The first-order chi connectivity index (χ1) is 13.2. The summed E-state index contributed by atoms with van der Waals surface area (Å²) < 4.78 is 16.3. The minimum Gasteiger partial charge on any atom is -0.394 e. The predicted molar refractivity (Wildman–Crippen MR) is 89.1 cm³/mol. The summed E-state index contributed by atoms with van der Waals surface area (Å²) in [4.78, 5) is 12.3. The van der Waals surface area contributed by atoms with E-state index in [0.29, 0.717) is 6.41 Å². The second kappa shape index (κ2) is 9.54. The zero-order valence-corrected chi connectivity index (χ0v) is 15.0. The lowest BCUT2D eigenvalue weighted by molar-refractivity contribution is -0.412. The van der Waals surface area contributed by atoms with Gasteiger partial charge in [-0.2, -0.15) is 0 Å². The smallest absolute Gasteiger partial charge is 0.212 e. The van der Waals surface area contributed by atoms with Gasteiger partial charge in [-0.05, 0) is 0 Å². The number of carbonyl (C=O) groups excluding carboxylic acids is 1. The van der Waals surface area contributed by atoms with Gasteiger partial charge in [0.2, 0.25) is 6.41 Å². The number of nitrogens with zero attached hydrogens (tertiary/aromatic N) is 1. The van der Waals surface area contributed by atoms with E-state index < -0.39 is 74.6 Å². The first-order valence-corrected chi connectivity index (χ1v) is 8.68. The molecule has 4 unspecified atom stereocenters. The van der Waals surface area contributed by atoms with Crippen molar-refractivity contribution in [2.45, 2.75) is 61.3 Å². The molecule has 162 valence electrons. The highest BCUT2D eigenvalue weighted by molar-refractivity contribution is 5.48. The Hall–Kier alpha value is -1.19. The molecule has 2 rings (SSSR count). The van der Waals surface area contributed by atoms with Crippen LogP contribution in [0.15, 0.2) is 12.7 Å². The van der Waals surface area contributed by atoms with E-state index in [-0.39, 0.29) is 6.54 Å². The zero-order chi connectivity index (χ0) is 21.1. The molecule has 0 aromatic heterocycles. The van der Waals surface area contributed by atoms with Crippen molar-refractivity contribution in [1.82, 2.24) is 4.90 Å². The summed E-state index contributed by atoms with van der Waals surface area (Å²) in [6.07, 6.45) is -11.2. The number of carbonyl (C=O) groups is 1. The molecule has 2 aliphatic rings. The molecule has 2 fully saturated rings. The first-order valence-electron chi connectivity index (χ1n) is 8.68. The van der Waals surface area contributed by atoms with Crippen LogP contribution in [0.2, 0.25) is 0 Å². The Morgan fingerprint density at radius 3 is 2.32 bits per heavy atom. The van der Waals surface area contributed by atoms with Crippen molar-refractivity contribution >= 4 is 6.41 Å². The summed E-state index contributed by atoms with van der Waals surface area (Å²) in [6, 6.07) is 0. The average Bonchev–Trinajstić information content (AvgIpc) is 2.69. The fourth-order valence-corrected chi connectivity index (χ4v) is 3.18. The van der Waals surface area contributed by atoms with Crippen LogP contribution < -0.4 is 0 Å². The van der Waals surface area contributed by atoms with E-state index >= 15 is 0 Å². The molecular weight excluding hydrogens is 382 g/mol. The van der Waals surface area contributed by atoms with Crippen molar-refractivity contribution in [1.29, 1.82) is 0 Å². The molecule has 0 aromatic rings. The Balaban J connectivity index is 2.25. The van der Waals surface area contributed by atoms with Crippen LogP contribution in [0.1, 0.15) is 6.42 Å². The topological polar surface area (TPSA) is 190 Å². The summed E-state index contributed by atoms with van der Waals surface area (Å²) in [5, 5.41) is 69.3. The van der Waals surface area contributed by atoms with Crippen molar-refractivity contribution in [3.8, 4) is 0 Å². The summed E-state index contributed by atoms with van der Waals surface area (Å²) >= 11 is 0. The van der Waals surface area contributed by atoms with E-state index in [1.165, 1.54) is 6.08 Å². The van der Waals surface area contributed by atoms with E-state index in [9.17, 15) is 40.5 Å². The van der Waals surface area contributed by atoms with Gasteiger partial charge in [-0.15, -0.1) is 6.58 Å². The lowest BCUT2D eigenvalue weighted by Gasteiger charge is -2.49. The number of rotatable bonds is 8. The van der Waals surface area contributed by atoms with Crippen LogP contribution in [0, 0.1) is 0 Å². The van der Waals surface area contributed by atoms with Crippen LogP contribution in [-0.2, 0) is 19.0 Å². The lowest BCUT2D eigenvalue weighted by atomic mass is 9.96. The molecule has 0 spiro atoms. The van der Waals surface area contributed by atoms with Crippen molar-refractivity contribution in [2.75, 3.05) is 19.8 Å². The number of amides is 1. The molecule has 12 heteroatoms. The van der Waals surface area contributed by atoms with Crippen LogP contribution in [0.3, 0.4) is 0 Å². The second-order valence-electron chi connectivity index (χ2n) is 6.75. The summed E-state index contributed by atoms with van der Waals surface area (Å²) in [5.41, 5.74) is 0. The van der Waals surface area contributed by atoms with Gasteiger partial charge in [0.05, 0.1) is 19.3 Å². The maximum Gasteiger partial charge on any atom is 0.212 e. The highest BCUT2D eigenvalue weighted by Crippen LogP contribution is 2.35. The van der Waals surface area contributed by atoms with Gasteiger partial charge in [-0.1, -0.05) is 6.08 Å². The molecule has 0 saturated carbocycles. The maximum atomic E-state index is 11.3. The second-order valence-corrected chi connectivity index (χ2v) is 6.75. The Bertz CT molecular complexity index is 535. The quantitative estimate of drug-likeness (QED) is 0.151. The van der Waals surface area contributed by atoms with Gasteiger partial charge in [0, 0.05) is 13.0 Å². The van der Waals surface area contributed by atoms with Crippen molar-refractivity contribution < 1.29 is 54.8 Å². The first kappa shape index (κ1) is 23.1. The molecule has 2 heterocycles. The van der Waals surface area contributed by atoms with Crippen molar-refractivity contribution in [3.63, 3.8) is 0 Å². The molecule has 0 radical (unpaired) electrons. The van der Waals surface area contributed by atoms with Crippen LogP contribution in [0.25, 0.3) is 0 Å². The van der Waals surface area contributed by atoms with Crippen LogP contribution in [-0.4, -0.2) is 122 Å². The molecule has 28 heavy (non-hydrogen) atoms. The minimum absolute atomic E-state index is 0.0422. The zero-order valence-electron chi connectivity index (χ0n) is 15.0. The molecule has 9 atom stereocenters. The third-order valence-electron chi connectivity index (χ3n) is 4.76. The number of aliphatic hydroxyl groups is 7. The highest BCUT2D eigenvalue weighted by Gasteiger charge is 2.53. The largest absolute Gasteiger partial charge is 0.394 e. The van der Waals surface area contributed by atoms with Gasteiger partial charge < -0.3 is 54.9 Å². The molecule has 1 amide bonds. The van der Waals surface area contributed by atoms with Gasteiger partial charge in [-0.25, -0.2) is 0 Å². The van der Waals surface area contributed by atoms with Crippen LogP contribution in [0.5, 0.6) is 0 Å². The van der Waals surface area contributed by atoms with Gasteiger partial charge in [-0.3, -0.25) is 4.79 Å². The van der Waals surface area contributed by atoms with E-state index in [1.807, 2.05) is 0 Å². The predicted octanol–water partition coefficient (Wildman–Crippen LogP) is -4.40. The SMILES string of the molecule is C=CCN(C=O)[C@@H]1O[C@@](CO)(O[C@@H]2OC(CO)[C@@H](O)C(O)[C@@H]2O)CC(O)C1O. The van der Waals surface area contributed by atoms with Gasteiger partial charge in [0.25, 0.3) is 0 Å². The number of ether oxygens (including phenoxy) is 3. The Morgan fingerprint density at radius 2 is 1.79 bits per heavy atom. The Morgan fingerprint density at radius 1 is 1.11 bits per heavy atom. The molecule has 0 aromatic carbocycles. The summed E-state index contributed by atoms with van der Waals surface area (Å²) in [7, 11) is 0. The van der Waals surface area contributed by atoms with E-state index in [4.69, 9.17) is 14.2 Å². The lowest BCUT2D eigenvalue weighted by Crippen LogP contribution is -2.66. The average molecular weight is 409 g/mol. The Kier molecular flexibility index (Phi) is 7.87. The third-order valence-corrected chi connectivity index (χ3v) is 4.76. The number of hydrogen-bond donors (Lipinski definition) is 7. The monoisotopic (exact) mass is 409 g/mol. The van der Waals surface area contributed by atoms with E-state index in [0.717, 1.165) is 4.90 Å². The van der Waals surface area contributed by atoms with Crippen LogP contribution >= 0.6 is 0 Å². The summed E-state index contributed by atoms with van der Waals surface area (Å²) in [6.45, 7) is 1.86. The highest BCUT2D eigenvalue weighted by atomic mass is 16.8. The molecule has 7 N–H and O–H groups in total. The minimum atomic E-state index is -2.03. The number of hydrogen-bond acceptors (Lipinski definition) is 11. The van der Waals surface area contributed by atoms with Gasteiger partial charge in [0.15, 0.2) is 18.3 Å². The number of aliphatic hydroxyl groups excluding tert-OH is 7. The molecule has 2 saturated heterocycles. The molecule has 0 bridgehead atoms.